The van der Waals surface area contributed by atoms with Crippen molar-refractivity contribution >= 4 is 50.8 Å². The highest BCUT2D eigenvalue weighted by Gasteiger charge is 2.22. The second-order valence-corrected chi connectivity index (χ2v) is 6.42. The van der Waals surface area contributed by atoms with Crippen molar-refractivity contribution in [3.05, 3.63) is 40.8 Å². The molecule has 0 atom stereocenters. The lowest BCUT2D eigenvalue weighted by molar-refractivity contribution is 0.101. The summed E-state index contributed by atoms with van der Waals surface area (Å²) in [6.45, 7) is 3.28. The molecule has 0 fully saturated rings. The van der Waals surface area contributed by atoms with Crippen molar-refractivity contribution in [3.63, 3.8) is 0 Å². The lowest BCUT2D eigenvalue weighted by Gasteiger charge is -2.05. The summed E-state index contributed by atoms with van der Waals surface area (Å²) in [7, 11) is 0. The highest BCUT2D eigenvalue weighted by Crippen LogP contribution is 2.32. The molecule has 0 spiro atoms. The molecule has 1 amide bonds. The fourth-order valence-electron chi connectivity index (χ4n) is 2.36. The van der Waals surface area contributed by atoms with Crippen LogP contribution in [0.1, 0.15) is 33.9 Å². The Bertz CT molecular complexity index is 1020. The lowest BCUT2D eigenvalue weighted by Crippen LogP contribution is -2.17. The summed E-state index contributed by atoms with van der Waals surface area (Å²) in [4.78, 5) is 37.2. The second kappa shape index (κ2) is 6.96. The van der Waals surface area contributed by atoms with Gasteiger partial charge in [0.05, 0.1) is 22.4 Å². The summed E-state index contributed by atoms with van der Waals surface area (Å²) >= 11 is 1.11. The van der Waals surface area contributed by atoms with Crippen LogP contribution >= 0.6 is 11.3 Å². The van der Waals surface area contributed by atoms with Crippen LogP contribution in [0.25, 0.3) is 10.2 Å². The maximum Gasteiger partial charge on any atom is 0.436 e. The van der Waals surface area contributed by atoms with Gasteiger partial charge in [0, 0.05) is 5.69 Å². The predicted octanol–water partition coefficient (Wildman–Crippen LogP) is 3.14. The third kappa shape index (κ3) is 3.16. The van der Waals surface area contributed by atoms with Gasteiger partial charge < -0.3 is 15.8 Å². The van der Waals surface area contributed by atoms with Gasteiger partial charge in [0.15, 0.2) is 11.6 Å². The summed E-state index contributed by atoms with van der Waals surface area (Å²) < 4.78 is 6.02. The highest BCUT2D eigenvalue weighted by atomic mass is 32.1. The summed E-state index contributed by atoms with van der Waals surface area (Å²) in [5, 5.41) is 7.26. The van der Waals surface area contributed by atoms with Gasteiger partial charge in [0.25, 0.3) is 5.91 Å². The molecular formula is C17H16N4O4S. The molecule has 0 saturated heterocycles. The molecule has 3 rings (SSSR count). The van der Waals surface area contributed by atoms with Crippen molar-refractivity contribution in [2.24, 2.45) is 0 Å². The monoisotopic (exact) mass is 372 g/mol. The first kappa shape index (κ1) is 17.6. The molecule has 0 saturated carbocycles. The number of thiophene rings is 1. The first-order chi connectivity index (χ1) is 12.4. The van der Waals surface area contributed by atoms with Crippen molar-refractivity contribution in [1.82, 2.24) is 9.78 Å². The van der Waals surface area contributed by atoms with Crippen LogP contribution in [-0.4, -0.2) is 34.2 Å². The largest absolute Gasteiger partial charge is 0.448 e. The lowest BCUT2D eigenvalue weighted by atomic mass is 10.1. The number of ketones is 1. The Kier molecular flexibility index (Phi) is 4.72. The van der Waals surface area contributed by atoms with E-state index in [1.807, 2.05) is 0 Å². The SMILES string of the molecule is CCOC(=O)n1nc(NC(=O)c2ccccc2N)c2cc(C(C)=O)sc21. The number of hydrogen-bond donors (Lipinski definition) is 2. The van der Waals surface area contributed by atoms with Crippen LogP contribution in [0.2, 0.25) is 0 Å². The zero-order valence-electron chi connectivity index (χ0n) is 14.1. The van der Waals surface area contributed by atoms with Crippen molar-refractivity contribution < 1.29 is 19.1 Å². The Morgan fingerprint density at radius 3 is 2.69 bits per heavy atom. The molecule has 134 valence electrons. The van der Waals surface area contributed by atoms with Crippen LogP contribution < -0.4 is 11.1 Å². The van der Waals surface area contributed by atoms with E-state index in [1.54, 1.807) is 37.3 Å². The Balaban J connectivity index is 2.04. The van der Waals surface area contributed by atoms with Crippen LogP contribution in [0.5, 0.6) is 0 Å². The van der Waals surface area contributed by atoms with Gasteiger partial charge >= 0.3 is 6.09 Å². The summed E-state index contributed by atoms with van der Waals surface area (Å²) in [6.07, 6.45) is -0.686. The second-order valence-electron chi connectivity index (χ2n) is 5.39. The minimum Gasteiger partial charge on any atom is -0.448 e. The molecule has 0 radical (unpaired) electrons. The minimum atomic E-state index is -0.686. The molecule has 9 heteroatoms. The van der Waals surface area contributed by atoms with E-state index in [0.717, 1.165) is 16.0 Å². The number of fused-ring (bicyclic) bond motifs is 1. The average Bonchev–Trinajstić information content (AvgIpc) is 3.16. The number of nitrogens with two attached hydrogens (primary N) is 1. The third-order valence-electron chi connectivity index (χ3n) is 3.59. The van der Waals surface area contributed by atoms with Gasteiger partial charge in [-0.2, -0.15) is 4.68 Å². The number of amides is 1. The molecule has 0 aliphatic carbocycles. The van der Waals surface area contributed by atoms with Crippen LogP contribution in [0.4, 0.5) is 16.3 Å². The van der Waals surface area contributed by atoms with Gasteiger partial charge in [-0.1, -0.05) is 12.1 Å². The molecule has 3 aromatic rings. The van der Waals surface area contributed by atoms with Crippen LogP contribution in [0, 0.1) is 0 Å². The molecule has 3 N–H and O–H groups in total. The Morgan fingerprint density at radius 2 is 2.04 bits per heavy atom. The number of ether oxygens (including phenoxy) is 1. The number of anilines is 2. The fourth-order valence-corrected chi connectivity index (χ4v) is 3.36. The number of nitrogens with one attached hydrogen (secondary N) is 1. The average molecular weight is 372 g/mol. The van der Waals surface area contributed by atoms with Crippen molar-refractivity contribution in [1.29, 1.82) is 0 Å². The zero-order valence-corrected chi connectivity index (χ0v) is 14.9. The first-order valence-corrected chi connectivity index (χ1v) is 8.60. The van der Waals surface area contributed by atoms with Crippen molar-refractivity contribution in [2.75, 3.05) is 17.7 Å². The maximum atomic E-state index is 12.5. The number of benzene rings is 1. The van der Waals surface area contributed by atoms with E-state index >= 15 is 0 Å². The van der Waals surface area contributed by atoms with E-state index < -0.39 is 12.0 Å². The van der Waals surface area contributed by atoms with Crippen LogP contribution in [0.3, 0.4) is 0 Å². The number of aromatic nitrogens is 2. The quantitative estimate of drug-likeness (QED) is 0.537. The van der Waals surface area contributed by atoms with E-state index in [4.69, 9.17) is 10.5 Å². The summed E-state index contributed by atoms with van der Waals surface area (Å²) in [5.74, 6) is -0.453. The maximum absolute atomic E-state index is 12.5. The predicted molar refractivity (Wildman–Crippen MR) is 98.8 cm³/mol. The highest BCUT2D eigenvalue weighted by molar-refractivity contribution is 7.20. The van der Waals surface area contributed by atoms with Gasteiger partial charge in [-0.25, -0.2) is 4.79 Å². The minimum absolute atomic E-state index is 0.147. The Hall–Kier alpha value is -3.20. The molecule has 0 bridgehead atoms. The van der Waals surface area contributed by atoms with Gasteiger partial charge in [-0.05, 0) is 32.0 Å². The van der Waals surface area contributed by atoms with Crippen molar-refractivity contribution in [2.45, 2.75) is 13.8 Å². The van der Waals surface area contributed by atoms with Gasteiger partial charge in [-0.3, -0.25) is 9.59 Å². The van der Waals surface area contributed by atoms with Gasteiger partial charge in [-0.15, -0.1) is 16.4 Å². The van der Waals surface area contributed by atoms with Gasteiger partial charge in [0.2, 0.25) is 0 Å². The standard InChI is InChI=1S/C17H16N4O4S/c1-3-25-17(24)21-16-11(8-13(26-16)9(2)22)14(20-21)19-15(23)10-6-4-5-7-12(10)18/h4-8H,3,18H2,1-2H3,(H,19,20,23). The van der Waals surface area contributed by atoms with E-state index in [-0.39, 0.29) is 23.8 Å². The number of hydrogen-bond acceptors (Lipinski definition) is 7. The van der Waals surface area contributed by atoms with E-state index in [1.165, 1.54) is 6.92 Å². The van der Waals surface area contributed by atoms with Crippen molar-refractivity contribution in [3.8, 4) is 0 Å². The number of rotatable bonds is 4. The number of Topliss-reactive ketones (excluding diaryl/α,β-unsaturated/α-hetero) is 1. The number of para-hydroxylation sites is 1. The molecule has 0 unspecified atom stereocenters. The molecular weight excluding hydrogens is 356 g/mol. The third-order valence-corrected chi connectivity index (χ3v) is 4.80. The molecule has 1 aromatic carbocycles. The van der Waals surface area contributed by atoms with E-state index in [0.29, 0.717) is 20.8 Å². The van der Waals surface area contributed by atoms with E-state index in [9.17, 15) is 14.4 Å². The van der Waals surface area contributed by atoms with Crippen LogP contribution in [0.15, 0.2) is 30.3 Å². The normalized spacial score (nSPS) is 10.7. The summed E-state index contributed by atoms with van der Waals surface area (Å²) in [5.41, 5.74) is 6.43. The smallest absolute Gasteiger partial charge is 0.436 e. The molecule has 2 aromatic heterocycles. The number of carbonyl (C=O) groups is 3. The Morgan fingerprint density at radius 1 is 1.31 bits per heavy atom. The van der Waals surface area contributed by atoms with E-state index in [2.05, 4.69) is 10.4 Å². The molecule has 8 nitrogen and oxygen atoms in total. The fraction of sp³-hybridized carbons (Fsp3) is 0.176. The number of nitrogens with zero attached hydrogens (tertiary/aromatic N) is 2. The van der Waals surface area contributed by atoms with Gasteiger partial charge in [0.1, 0.15) is 4.83 Å². The molecule has 0 aliphatic rings. The molecule has 26 heavy (non-hydrogen) atoms. The number of carbonyl (C=O) groups excluding carboxylic acids is 3. The first-order valence-electron chi connectivity index (χ1n) is 7.78. The number of nitrogen functional groups attached to an aromatic ring is 1. The van der Waals surface area contributed by atoms with Crippen LogP contribution in [-0.2, 0) is 4.74 Å². The Labute approximate surface area is 152 Å². The molecule has 0 aliphatic heterocycles. The zero-order chi connectivity index (χ0) is 18.8. The molecule has 2 heterocycles. The summed E-state index contributed by atoms with van der Waals surface area (Å²) in [6, 6.07) is 8.20. The topological polar surface area (TPSA) is 116 Å².